The average molecular weight is 450 g/mol. The maximum atomic E-state index is 11.1. The van der Waals surface area contributed by atoms with Crippen molar-refractivity contribution < 1.29 is 27.5 Å². The minimum Gasteiger partial charge on any atom is -0.431 e. The Kier molecular flexibility index (Phi) is 4.50. The Morgan fingerprint density at radius 2 is 2.29 bits per heavy atom. The molecule has 2 aromatic rings. The standard InChI is InChI=1S/C13H15IN4O6/c1-13(4-22-12(21)24-14)10(20)8(19)9(23-13)6-2-3-7-11(15)16-5-17-18(6)7/h2-3,5,8-10,19-20H,4H2,1H3,(H2,15,16,17)/t8-,9-,10-,13+/m0/s1. The first kappa shape index (κ1) is 17.1. The predicted molar refractivity (Wildman–Crippen MR) is 88.1 cm³/mol. The summed E-state index contributed by atoms with van der Waals surface area (Å²) in [5.41, 5.74) is 5.52. The topological polar surface area (TPSA) is 141 Å². The van der Waals surface area contributed by atoms with Gasteiger partial charge in [-0.15, -0.1) is 0 Å². The Balaban J connectivity index is 1.89. The number of aromatic nitrogens is 3. The number of anilines is 1. The van der Waals surface area contributed by atoms with Crippen LogP contribution in [0.25, 0.3) is 5.52 Å². The molecule has 1 aliphatic heterocycles. The van der Waals surface area contributed by atoms with Gasteiger partial charge in [0.15, 0.2) is 28.8 Å². The number of ether oxygens (including phenoxy) is 2. The van der Waals surface area contributed by atoms with Crippen LogP contribution in [-0.2, 0) is 12.5 Å². The summed E-state index contributed by atoms with van der Waals surface area (Å²) in [5.74, 6) is 0.278. The lowest BCUT2D eigenvalue weighted by Crippen LogP contribution is -2.44. The molecule has 0 spiro atoms. The molecule has 10 nitrogen and oxygen atoms in total. The quantitative estimate of drug-likeness (QED) is 0.447. The molecule has 0 saturated carbocycles. The van der Waals surface area contributed by atoms with Crippen LogP contribution >= 0.6 is 23.0 Å². The lowest BCUT2D eigenvalue weighted by atomic mass is 9.97. The summed E-state index contributed by atoms with van der Waals surface area (Å²) in [6, 6.07) is 3.36. The molecule has 0 aliphatic carbocycles. The third kappa shape index (κ3) is 2.76. The predicted octanol–water partition coefficient (Wildman–Crippen LogP) is 0.366. The van der Waals surface area contributed by atoms with Gasteiger partial charge in [-0.1, -0.05) is 0 Å². The van der Waals surface area contributed by atoms with Crippen molar-refractivity contribution in [3.63, 3.8) is 0 Å². The second-order valence-corrected chi connectivity index (χ2v) is 6.04. The molecule has 0 unspecified atom stereocenters. The van der Waals surface area contributed by atoms with Crippen LogP contribution in [0.15, 0.2) is 18.5 Å². The van der Waals surface area contributed by atoms with Crippen LogP contribution in [0.5, 0.6) is 0 Å². The highest BCUT2D eigenvalue weighted by Crippen LogP contribution is 2.40. The lowest BCUT2D eigenvalue weighted by molar-refractivity contribution is -0.105. The van der Waals surface area contributed by atoms with Crippen LogP contribution in [0, 0.1) is 0 Å². The number of hydrogen-bond acceptors (Lipinski definition) is 9. The molecule has 2 aromatic heterocycles. The van der Waals surface area contributed by atoms with E-state index in [0.29, 0.717) is 11.2 Å². The summed E-state index contributed by atoms with van der Waals surface area (Å²) in [6.07, 6.45) is -3.06. The van der Waals surface area contributed by atoms with Gasteiger partial charge < -0.3 is 28.5 Å². The van der Waals surface area contributed by atoms with E-state index in [2.05, 4.69) is 13.1 Å². The fraction of sp³-hybridized carbons (Fsp3) is 0.462. The molecule has 3 rings (SSSR count). The van der Waals surface area contributed by atoms with E-state index in [1.165, 1.54) is 40.8 Å². The monoisotopic (exact) mass is 450 g/mol. The zero-order valence-electron chi connectivity index (χ0n) is 12.5. The third-order valence-electron chi connectivity index (χ3n) is 4.00. The number of aliphatic hydroxyl groups is 2. The van der Waals surface area contributed by atoms with Crippen molar-refractivity contribution in [3.8, 4) is 0 Å². The summed E-state index contributed by atoms with van der Waals surface area (Å²) in [7, 11) is 0. The van der Waals surface area contributed by atoms with Gasteiger partial charge in [-0.05, 0) is 19.1 Å². The number of rotatable bonds is 3. The molecule has 4 N–H and O–H groups in total. The molecule has 1 fully saturated rings. The van der Waals surface area contributed by atoms with Crippen LogP contribution < -0.4 is 5.73 Å². The Morgan fingerprint density at radius 1 is 1.54 bits per heavy atom. The van der Waals surface area contributed by atoms with Crippen molar-refractivity contribution >= 4 is 40.5 Å². The van der Waals surface area contributed by atoms with Crippen molar-refractivity contribution in [2.75, 3.05) is 12.3 Å². The van der Waals surface area contributed by atoms with Gasteiger partial charge in [0, 0.05) is 0 Å². The largest absolute Gasteiger partial charge is 0.518 e. The first-order valence-corrected chi connectivity index (χ1v) is 7.83. The van der Waals surface area contributed by atoms with Crippen molar-refractivity contribution in [2.45, 2.75) is 30.8 Å². The normalized spacial score (nSPS) is 29.8. The number of nitrogen functional groups attached to an aromatic ring is 1. The SMILES string of the molecule is C[C@]1(COC(=O)OI)O[C@@H](c2ccc3c(N)ncnn23)[C@H](O)[C@@H]1O. The molecule has 1 aliphatic rings. The third-order valence-corrected chi connectivity index (χ3v) is 4.36. The number of carbonyl (C=O) groups is 1. The highest BCUT2D eigenvalue weighted by atomic mass is 127. The van der Waals surface area contributed by atoms with Crippen molar-refractivity contribution in [1.82, 2.24) is 14.6 Å². The molecule has 130 valence electrons. The van der Waals surface area contributed by atoms with Crippen LogP contribution in [0.2, 0.25) is 0 Å². The molecule has 0 radical (unpaired) electrons. The van der Waals surface area contributed by atoms with E-state index >= 15 is 0 Å². The Hall–Kier alpha value is -1.70. The Morgan fingerprint density at radius 3 is 3.00 bits per heavy atom. The maximum absolute atomic E-state index is 11.1. The summed E-state index contributed by atoms with van der Waals surface area (Å²) in [6.45, 7) is 1.24. The van der Waals surface area contributed by atoms with Crippen LogP contribution in [0.1, 0.15) is 18.7 Å². The molecule has 4 atom stereocenters. The Bertz CT molecular complexity index is 770. The average Bonchev–Trinajstić information content (AvgIpc) is 3.09. The molecule has 1 saturated heterocycles. The number of aliphatic hydroxyl groups excluding tert-OH is 2. The number of nitrogens with two attached hydrogens (primary N) is 1. The van der Waals surface area contributed by atoms with Gasteiger partial charge in [-0.2, -0.15) is 5.10 Å². The van der Waals surface area contributed by atoms with E-state index in [1.54, 1.807) is 12.1 Å². The molecule has 0 aromatic carbocycles. The summed E-state index contributed by atoms with van der Waals surface area (Å²) < 4.78 is 16.5. The molecule has 0 bridgehead atoms. The number of fused-ring (bicyclic) bond motifs is 1. The molecule has 3 heterocycles. The molecule has 11 heteroatoms. The second-order valence-electron chi connectivity index (χ2n) is 5.60. The zero-order chi connectivity index (χ0) is 17.5. The maximum Gasteiger partial charge on any atom is 0.518 e. The fourth-order valence-electron chi connectivity index (χ4n) is 2.72. The summed E-state index contributed by atoms with van der Waals surface area (Å²) in [4.78, 5) is 15.0. The first-order valence-electron chi connectivity index (χ1n) is 6.95. The van der Waals surface area contributed by atoms with Crippen molar-refractivity contribution in [3.05, 3.63) is 24.2 Å². The molecule has 0 amide bonds. The van der Waals surface area contributed by atoms with Crippen LogP contribution in [0.4, 0.5) is 10.6 Å². The summed E-state index contributed by atoms with van der Waals surface area (Å²) in [5, 5.41) is 24.8. The van der Waals surface area contributed by atoms with Gasteiger partial charge >= 0.3 is 6.16 Å². The molecular weight excluding hydrogens is 435 g/mol. The van der Waals surface area contributed by atoms with E-state index in [9.17, 15) is 15.0 Å². The minimum absolute atomic E-state index is 0.278. The van der Waals surface area contributed by atoms with E-state index in [0.717, 1.165) is 0 Å². The minimum atomic E-state index is -1.31. The Labute approximate surface area is 150 Å². The second kappa shape index (κ2) is 6.31. The zero-order valence-corrected chi connectivity index (χ0v) is 14.7. The number of halogens is 1. The molecular formula is C13H15IN4O6. The van der Waals surface area contributed by atoms with Gasteiger partial charge in [0.05, 0.1) is 5.69 Å². The highest BCUT2D eigenvalue weighted by Gasteiger charge is 2.53. The van der Waals surface area contributed by atoms with Gasteiger partial charge in [-0.3, -0.25) is 0 Å². The van der Waals surface area contributed by atoms with Crippen LogP contribution in [0.3, 0.4) is 0 Å². The van der Waals surface area contributed by atoms with Crippen molar-refractivity contribution in [1.29, 1.82) is 0 Å². The number of carbonyl (C=O) groups excluding carboxylic acids is 1. The van der Waals surface area contributed by atoms with E-state index in [1.807, 2.05) is 0 Å². The van der Waals surface area contributed by atoms with Crippen LogP contribution in [-0.4, -0.2) is 55.4 Å². The van der Waals surface area contributed by atoms with Gasteiger partial charge in [0.25, 0.3) is 0 Å². The van der Waals surface area contributed by atoms with Crippen molar-refractivity contribution in [2.24, 2.45) is 0 Å². The number of nitrogens with zero attached hydrogens (tertiary/aromatic N) is 3. The summed E-state index contributed by atoms with van der Waals surface area (Å²) >= 11 is 1.38. The van der Waals surface area contributed by atoms with Gasteiger partial charge in [0.1, 0.15) is 42.4 Å². The van der Waals surface area contributed by atoms with Gasteiger partial charge in [0.2, 0.25) is 0 Å². The highest BCUT2D eigenvalue weighted by molar-refractivity contribution is 14.1. The lowest BCUT2D eigenvalue weighted by Gasteiger charge is -2.26. The number of hydrogen-bond donors (Lipinski definition) is 3. The van der Waals surface area contributed by atoms with E-state index in [4.69, 9.17) is 15.2 Å². The van der Waals surface area contributed by atoms with Gasteiger partial charge in [-0.25, -0.2) is 14.3 Å². The van der Waals surface area contributed by atoms with E-state index < -0.39 is 30.1 Å². The fourth-order valence-corrected chi connectivity index (χ4v) is 2.85. The molecule has 24 heavy (non-hydrogen) atoms. The van der Waals surface area contributed by atoms with E-state index in [-0.39, 0.29) is 12.4 Å². The smallest absolute Gasteiger partial charge is 0.431 e. The first-order chi connectivity index (χ1) is 11.4.